The standard InChI is InChI=1S/C36H46O21/c1-12-18(40)20(42)22(44)35(52-12)55-26-15(39)11-51-34(24(26)46)56-27-16(10-37)53-36(23(45)21(27)43)57-29-17-19(41)30(47-2)25(13-6-8-14(38)9-7-13)54-28(17)31(48-3)33(50-5)32(29)49-4/h6-9,12,15-16,18,20-24,26-27,34-40,42-46H,10-11H2,1-5H3/t12-,15-,16+,18-,20+,21+,22+,23+,24+,26-,27-,34-,35-,36-/m0/s1. The molecule has 0 aliphatic carbocycles. The summed E-state index contributed by atoms with van der Waals surface area (Å²) < 4.78 is 62.6. The van der Waals surface area contributed by atoms with Crippen LogP contribution in [0.2, 0.25) is 0 Å². The Morgan fingerprint density at radius 1 is 0.667 bits per heavy atom. The second kappa shape index (κ2) is 17.4. The summed E-state index contributed by atoms with van der Waals surface area (Å²) in [6, 6.07) is 5.70. The molecular formula is C36H46O21. The van der Waals surface area contributed by atoms with Gasteiger partial charge in [0.1, 0.15) is 72.2 Å². The Kier molecular flexibility index (Phi) is 13.0. The third-order valence-electron chi connectivity index (χ3n) is 9.94. The quantitative estimate of drug-likeness (QED) is 0.0928. The molecule has 3 aliphatic rings. The summed E-state index contributed by atoms with van der Waals surface area (Å²) in [6.45, 7) is 0.0333. The van der Waals surface area contributed by atoms with Crippen molar-refractivity contribution in [3.05, 3.63) is 34.5 Å². The van der Waals surface area contributed by atoms with E-state index in [1.54, 1.807) is 0 Å². The first-order valence-corrected chi connectivity index (χ1v) is 17.6. The number of methoxy groups -OCH3 is 4. The maximum Gasteiger partial charge on any atom is 0.239 e. The number of aliphatic hydroxyl groups excluding tert-OH is 8. The Morgan fingerprint density at radius 3 is 1.88 bits per heavy atom. The summed E-state index contributed by atoms with van der Waals surface area (Å²) in [5, 5.41) is 95.0. The molecule has 6 rings (SSSR count). The Balaban J connectivity index is 1.30. The maximum atomic E-state index is 14.2. The average Bonchev–Trinajstić information content (AvgIpc) is 3.20. The van der Waals surface area contributed by atoms with Crippen LogP contribution in [0.5, 0.6) is 34.5 Å². The van der Waals surface area contributed by atoms with Crippen molar-refractivity contribution in [2.45, 2.75) is 92.9 Å². The van der Waals surface area contributed by atoms with Gasteiger partial charge in [-0.25, -0.2) is 0 Å². The normalized spacial score (nSPS) is 34.5. The number of rotatable bonds is 12. The number of fused-ring (bicyclic) bond motifs is 1. The van der Waals surface area contributed by atoms with Crippen LogP contribution in [0.15, 0.2) is 33.5 Å². The van der Waals surface area contributed by atoms with Gasteiger partial charge in [0.2, 0.25) is 34.7 Å². The van der Waals surface area contributed by atoms with E-state index in [-0.39, 0.29) is 45.5 Å². The van der Waals surface area contributed by atoms with Crippen LogP contribution in [0.25, 0.3) is 22.3 Å². The van der Waals surface area contributed by atoms with Crippen LogP contribution in [-0.2, 0) is 23.7 Å². The topological polar surface area (TPSA) is 305 Å². The fraction of sp³-hybridized carbons (Fsp3) is 0.583. The molecule has 3 aromatic rings. The van der Waals surface area contributed by atoms with E-state index in [1.807, 2.05) is 0 Å². The third kappa shape index (κ3) is 7.79. The van der Waals surface area contributed by atoms with Gasteiger partial charge in [0.25, 0.3) is 0 Å². The van der Waals surface area contributed by atoms with Gasteiger partial charge in [-0.15, -0.1) is 0 Å². The second-order valence-corrected chi connectivity index (χ2v) is 13.4. The van der Waals surface area contributed by atoms with Crippen LogP contribution >= 0.6 is 0 Å². The molecule has 3 fully saturated rings. The van der Waals surface area contributed by atoms with Crippen LogP contribution in [0.4, 0.5) is 0 Å². The van der Waals surface area contributed by atoms with E-state index < -0.39 is 110 Å². The zero-order valence-corrected chi connectivity index (χ0v) is 31.2. The van der Waals surface area contributed by atoms with Gasteiger partial charge in [-0.2, -0.15) is 0 Å². The highest BCUT2D eigenvalue weighted by atomic mass is 16.8. The van der Waals surface area contributed by atoms with E-state index in [0.29, 0.717) is 5.56 Å². The molecule has 0 spiro atoms. The lowest BCUT2D eigenvalue weighted by Gasteiger charge is -2.46. The number of benzene rings is 2. The fourth-order valence-electron chi connectivity index (χ4n) is 6.90. The van der Waals surface area contributed by atoms with Crippen LogP contribution in [0.3, 0.4) is 0 Å². The van der Waals surface area contributed by atoms with Gasteiger partial charge in [-0.3, -0.25) is 4.79 Å². The summed E-state index contributed by atoms with van der Waals surface area (Å²) >= 11 is 0. The van der Waals surface area contributed by atoms with Crippen LogP contribution in [-0.4, -0.2) is 174 Å². The Labute approximate surface area is 323 Å². The van der Waals surface area contributed by atoms with Crippen LogP contribution < -0.4 is 29.1 Å². The van der Waals surface area contributed by atoms with Gasteiger partial charge < -0.3 is 97.7 Å². The molecule has 14 atom stereocenters. The molecule has 316 valence electrons. The molecule has 0 radical (unpaired) electrons. The Hall–Kier alpha value is -4.07. The molecule has 4 heterocycles. The number of ether oxygens (including phenoxy) is 10. The molecule has 57 heavy (non-hydrogen) atoms. The summed E-state index contributed by atoms with van der Waals surface area (Å²) in [7, 11) is 5.00. The lowest BCUT2D eigenvalue weighted by atomic mass is 9.97. The highest BCUT2D eigenvalue weighted by Gasteiger charge is 2.52. The minimum absolute atomic E-state index is 0.0500. The zero-order chi connectivity index (χ0) is 41.5. The first-order chi connectivity index (χ1) is 27.2. The summed E-state index contributed by atoms with van der Waals surface area (Å²) in [5.74, 6) is -1.28. The van der Waals surface area contributed by atoms with Crippen LogP contribution in [0.1, 0.15) is 6.92 Å². The molecular weight excluding hydrogens is 768 g/mol. The highest BCUT2D eigenvalue weighted by Crippen LogP contribution is 2.52. The second-order valence-electron chi connectivity index (χ2n) is 13.4. The average molecular weight is 815 g/mol. The van der Waals surface area contributed by atoms with Gasteiger partial charge in [0, 0.05) is 5.56 Å². The number of hydrogen-bond acceptors (Lipinski definition) is 21. The van der Waals surface area contributed by atoms with Crippen molar-refractivity contribution >= 4 is 11.0 Å². The first-order valence-electron chi connectivity index (χ1n) is 17.6. The van der Waals surface area contributed by atoms with Crippen molar-refractivity contribution in [3.63, 3.8) is 0 Å². The maximum absolute atomic E-state index is 14.2. The monoisotopic (exact) mass is 814 g/mol. The minimum Gasteiger partial charge on any atom is -0.508 e. The lowest BCUT2D eigenvalue weighted by molar-refractivity contribution is -0.363. The minimum atomic E-state index is -2.01. The molecule has 2 aromatic carbocycles. The van der Waals surface area contributed by atoms with E-state index in [0.717, 1.165) is 0 Å². The fourth-order valence-corrected chi connectivity index (χ4v) is 6.90. The number of aromatic hydroxyl groups is 1. The zero-order valence-electron chi connectivity index (χ0n) is 31.2. The van der Waals surface area contributed by atoms with Gasteiger partial charge in [0.05, 0.1) is 47.8 Å². The summed E-state index contributed by atoms with van der Waals surface area (Å²) in [5.41, 5.74) is -0.699. The van der Waals surface area contributed by atoms with Crippen molar-refractivity contribution < 1.29 is 97.7 Å². The molecule has 1 aromatic heterocycles. The molecule has 0 amide bonds. The molecule has 9 N–H and O–H groups in total. The van der Waals surface area contributed by atoms with Gasteiger partial charge in [0.15, 0.2) is 29.7 Å². The van der Waals surface area contributed by atoms with Crippen molar-refractivity contribution in [1.82, 2.24) is 0 Å². The van der Waals surface area contributed by atoms with Crippen molar-refractivity contribution in [2.24, 2.45) is 0 Å². The van der Waals surface area contributed by atoms with E-state index >= 15 is 0 Å². The molecule has 0 unspecified atom stereocenters. The molecule has 0 saturated carbocycles. The molecule has 21 heteroatoms. The van der Waals surface area contributed by atoms with Crippen LogP contribution in [0, 0.1) is 0 Å². The number of hydrogen-bond donors (Lipinski definition) is 9. The first kappa shape index (κ1) is 42.5. The summed E-state index contributed by atoms with van der Waals surface area (Å²) in [6.07, 6.45) is -23.1. The van der Waals surface area contributed by atoms with E-state index in [2.05, 4.69) is 0 Å². The number of phenols is 1. The summed E-state index contributed by atoms with van der Waals surface area (Å²) in [4.78, 5) is 14.2. The van der Waals surface area contributed by atoms with Gasteiger partial charge in [-0.05, 0) is 31.2 Å². The van der Waals surface area contributed by atoms with E-state index in [9.17, 15) is 50.8 Å². The van der Waals surface area contributed by atoms with E-state index in [4.69, 9.17) is 51.8 Å². The third-order valence-corrected chi connectivity index (χ3v) is 9.94. The smallest absolute Gasteiger partial charge is 0.239 e. The number of phenolic OH excluding ortho intramolecular Hbond substituents is 1. The number of aliphatic hydroxyl groups is 8. The highest BCUT2D eigenvalue weighted by molar-refractivity contribution is 5.97. The predicted molar refractivity (Wildman–Crippen MR) is 188 cm³/mol. The largest absolute Gasteiger partial charge is 0.508 e. The molecule has 21 nitrogen and oxygen atoms in total. The predicted octanol–water partition coefficient (Wildman–Crippen LogP) is -2.31. The SMILES string of the molecule is COc1c(OC)c(O[C@@H]2O[C@H](CO)[C@H](O[C@@H]3OC[C@H](O)[C@H](O[C@@H]4O[C@@H](C)[C@H](O)[C@@H](O)[C@H]4O)[C@H]3O)[C@H](O)[C@H]2O)c2c(=O)c(OC)c(-c3ccc(O)cc3)oc2c1OC. The molecule has 0 bridgehead atoms. The van der Waals surface area contributed by atoms with Crippen molar-refractivity contribution in [3.8, 4) is 45.8 Å². The van der Waals surface area contributed by atoms with Crippen molar-refractivity contribution in [1.29, 1.82) is 0 Å². The lowest BCUT2D eigenvalue weighted by Crippen LogP contribution is -2.65. The van der Waals surface area contributed by atoms with Gasteiger partial charge >= 0.3 is 0 Å². The Bertz CT molecular complexity index is 1900. The molecule has 3 aliphatic heterocycles. The Morgan fingerprint density at radius 2 is 1.26 bits per heavy atom. The molecule has 3 saturated heterocycles. The van der Waals surface area contributed by atoms with Crippen molar-refractivity contribution in [2.75, 3.05) is 41.7 Å². The van der Waals surface area contributed by atoms with Gasteiger partial charge in [-0.1, -0.05) is 0 Å². The van der Waals surface area contributed by atoms with E-state index in [1.165, 1.54) is 59.6 Å².